The van der Waals surface area contributed by atoms with Gasteiger partial charge in [0.05, 0.1) is 6.20 Å². The zero-order chi connectivity index (χ0) is 18.5. The molecule has 0 aliphatic rings. The van der Waals surface area contributed by atoms with Crippen molar-refractivity contribution in [3.05, 3.63) is 60.2 Å². The number of H-pyrrole nitrogens is 1. The van der Waals surface area contributed by atoms with Crippen LogP contribution in [-0.2, 0) is 16.0 Å². The highest BCUT2D eigenvalue weighted by atomic mass is 16.5. The third-order valence-corrected chi connectivity index (χ3v) is 3.66. The van der Waals surface area contributed by atoms with E-state index in [9.17, 15) is 14.4 Å². The molecule has 0 radical (unpaired) electrons. The van der Waals surface area contributed by atoms with Crippen molar-refractivity contribution in [3.63, 3.8) is 0 Å². The fourth-order valence-electron chi connectivity index (χ4n) is 2.41. The van der Waals surface area contributed by atoms with Gasteiger partial charge in [-0.15, -0.1) is 0 Å². The Labute approximate surface area is 147 Å². The number of nitrogens with two attached hydrogens (primary N) is 1. The minimum Gasteiger partial charge on any atom is -0.365 e. The van der Waals surface area contributed by atoms with Crippen LogP contribution < -0.4 is 11.1 Å². The predicted octanol–water partition coefficient (Wildman–Crippen LogP) is 0.460. The predicted molar refractivity (Wildman–Crippen MR) is 89.7 cm³/mol. The second-order valence-electron chi connectivity index (χ2n) is 5.44. The zero-order valence-corrected chi connectivity index (χ0v) is 13.5. The third kappa shape index (κ3) is 3.66. The van der Waals surface area contributed by atoms with Gasteiger partial charge in [0.25, 0.3) is 11.8 Å². The maximum atomic E-state index is 12.6. The molecule has 0 bridgehead atoms. The molecule has 0 aliphatic carbocycles. The highest BCUT2D eigenvalue weighted by Gasteiger charge is 2.28. The first-order chi connectivity index (χ1) is 12.6. The summed E-state index contributed by atoms with van der Waals surface area (Å²) >= 11 is 0. The topological polar surface area (TPSA) is 144 Å². The van der Waals surface area contributed by atoms with Crippen LogP contribution in [0.3, 0.4) is 0 Å². The molecule has 26 heavy (non-hydrogen) atoms. The minimum atomic E-state index is -1.13. The number of ketones is 1. The van der Waals surface area contributed by atoms with Gasteiger partial charge in [0.15, 0.2) is 5.76 Å². The van der Waals surface area contributed by atoms with Gasteiger partial charge in [-0.05, 0) is 24.3 Å². The lowest BCUT2D eigenvalue weighted by Gasteiger charge is -2.15. The molecule has 9 heteroatoms. The Morgan fingerprint density at radius 1 is 1.23 bits per heavy atom. The lowest BCUT2D eigenvalue weighted by molar-refractivity contribution is -0.137. The van der Waals surface area contributed by atoms with Gasteiger partial charge >= 0.3 is 0 Å². The number of aromatic nitrogens is 3. The van der Waals surface area contributed by atoms with E-state index in [1.807, 2.05) is 0 Å². The van der Waals surface area contributed by atoms with E-state index in [4.69, 9.17) is 10.3 Å². The van der Waals surface area contributed by atoms with Gasteiger partial charge in [-0.1, -0.05) is 11.2 Å². The van der Waals surface area contributed by atoms with E-state index in [1.165, 1.54) is 6.20 Å². The number of pyridine rings is 1. The zero-order valence-electron chi connectivity index (χ0n) is 13.5. The van der Waals surface area contributed by atoms with E-state index in [-0.39, 0.29) is 17.7 Å². The number of nitrogens with one attached hydrogen (secondary N) is 2. The molecule has 132 valence electrons. The van der Waals surface area contributed by atoms with Gasteiger partial charge in [-0.2, -0.15) is 0 Å². The van der Waals surface area contributed by atoms with Crippen LogP contribution in [-0.4, -0.2) is 38.8 Å². The van der Waals surface area contributed by atoms with Crippen LogP contribution in [0.4, 0.5) is 0 Å². The molecule has 0 saturated heterocycles. The summed E-state index contributed by atoms with van der Waals surface area (Å²) in [6, 6.07) is 7.45. The number of carbonyl (C=O) groups excluding carboxylic acids is 3. The summed E-state index contributed by atoms with van der Waals surface area (Å²) in [6.45, 7) is 0. The Kier molecular flexibility index (Phi) is 4.88. The van der Waals surface area contributed by atoms with Crippen molar-refractivity contribution in [2.75, 3.05) is 0 Å². The molecule has 1 unspecified atom stereocenters. The van der Waals surface area contributed by atoms with Crippen molar-refractivity contribution in [1.29, 1.82) is 0 Å². The minimum absolute atomic E-state index is 0.0880. The second kappa shape index (κ2) is 7.43. The number of primary amides is 1. The molecule has 0 aromatic carbocycles. The van der Waals surface area contributed by atoms with E-state index in [0.29, 0.717) is 11.4 Å². The number of nitrogens with zero attached hydrogens (tertiary/aromatic N) is 2. The van der Waals surface area contributed by atoms with Gasteiger partial charge < -0.3 is 20.6 Å². The van der Waals surface area contributed by atoms with Crippen molar-refractivity contribution in [1.82, 2.24) is 20.4 Å². The molecule has 0 aliphatic heterocycles. The highest BCUT2D eigenvalue weighted by Crippen LogP contribution is 2.21. The molecule has 0 fully saturated rings. The van der Waals surface area contributed by atoms with Crippen LogP contribution in [0.25, 0.3) is 11.5 Å². The lowest BCUT2D eigenvalue weighted by Crippen LogP contribution is -2.47. The first-order valence-electron chi connectivity index (χ1n) is 7.69. The Bertz CT molecular complexity index is 918. The van der Waals surface area contributed by atoms with Crippen molar-refractivity contribution in [2.45, 2.75) is 12.5 Å². The molecule has 4 N–H and O–H groups in total. The van der Waals surface area contributed by atoms with Gasteiger partial charge in [0, 0.05) is 24.5 Å². The van der Waals surface area contributed by atoms with Crippen LogP contribution >= 0.6 is 0 Å². The Morgan fingerprint density at radius 2 is 2.08 bits per heavy atom. The fourth-order valence-corrected chi connectivity index (χ4v) is 2.41. The number of Topliss-reactive ketones (excluding diaryl/α,β-unsaturated/α-hetero) is 1. The monoisotopic (exact) mass is 353 g/mol. The van der Waals surface area contributed by atoms with Crippen molar-refractivity contribution >= 4 is 17.6 Å². The van der Waals surface area contributed by atoms with Gasteiger partial charge in [-0.25, -0.2) is 0 Å². The van der Waals surface area contributed by atoms with Crippen molar-refractivity contribution in [2.24, 2.45) is 5.73 Å². The Balaban J connectivity index is 1.83. The van der Waals surface area contributed by atoms with Crippen LogP contribution in [0, 0.1) is 0 Å². The van der Waals surface area contributed by atoms with Crippen molar-refractivity contribution in [3.8, 4) is 11.5 Å². The van der Waals surface area contributed by atoms with E-state index >= 15 is 0 Å². The molecule has 3 rings (SSSR count). The standard InChI is InChI=1S/C17H15N5O4/c18-16(24)14(23)13(8-10-4-3-7-19-10)22-17(25)11-9-21-26-15(11)12-5-1-2-6-20-12/h1-7,9,13,19H,8H2,(H2,18,24)(H,22,25). The summed E-state index contributed by atoms with van der Waals surface area (Å²) in [6.07, 6.45) is 4.52. The molecule has 1 atom stereocenters. The first kappa shape index (κ1) is 17.1. The molecule has 3 aromatic rings. The van der Waals surface area contributed by atoms with Crippen molar-refractivity contribution < 1.29 is 18.9 Å². The quantitative estimate of drug-likeness (QED) is 0.526. The smallest absolute Gasteiger partial charge is 0.287 e. The summed E-state index contributed by atoms with van der Waals surface area (Å²) in [5.41, 5.74) is 6.27. The summed E-state index contributed by atoms with van der Waals surface area (Å²) in [7, 11) is 0. The van der Waals surface area contributed by atoms with E-state index < -0.39 is 23.6 Å². The first-order valence-corrected chi connectivity index (χ1v) is 7.69. The Morgan fingerprint density at radius 3 is 2.73 bits per heavy atom. The molecule has 3 heterocycles. The second-order valence-corrected chi connectivity index (χ2v) is 5.44. The Hall–Kier alpha value is -3.75. The maximum Gasteiger partial charge on any atom is 0.287 e. The summed E-state index contributed by atoms with van der Waals surface area (Å²) in [5.74, 6) is -2.49. The lowest BCUT2D eigenvalue weighted by atomic mass is 10.1. The SMILES string of the molecule is NC(=O)C(=O)C(Cc1ccc[nH]1)NC(=O)c1cnoc1-c1ccccn1. The molecule has 0 saturated carbocycles. The molecule has 9 nitrogen and oxygen atoms in total. The third-order valence-electron chi connectivity index (χ3n) is 3.66. The van der Waals surface area contributed by atoms with Crippen LogP contribution in [0.2, 0.25) is 0 Å². The highest BCUT2D eigenvalue weighted by molar-refractivity contribution is 6.38. The summed E-state index contributed by atoms with van der Waals surface area (Å²) < 4.78 is 5.11. The number of rotatable bonds is 7. The normalized spacial score (nSPS) is 11.7. The average Bonchev–Trinajstić information content (AvgIpc) is 3.32. The van der Waals surface area contributed by atoms with E-state index in [0.717, 1.165) is 0 Å². The number of amides is 2. The van der Waals surface area contributed by atoms with Crippen LogP contribution in [0.5, 0.6) is 0 Å². The molecule has 3 aromatic heterocycles. The van der Waals surface area contributed by atoms with Gasteiger partial charge in [0.1, 0.15) is 17.3 Å². The number of hydrogen-bond donors (Lipinski definition) is 3. The van der Waals surface area contributed by atoms with Gasteiger partial charge in [-0.3, -0.25) is 19.4 Å². The number of carbonyl (C=O) groups is 3. The van der Waals surface area contributed by atoms with Crippen LogP contribution in [0.15, 0.2) is 53.4 Å². The maximum absolute atomic E-state index is 12.6. The number of hydrogen-bond acceptors (Lipinski definition) is 6. The largest absolute Gasteiger partial charge is 0.365 e. The van der Waals surface area contributed by atoms with Crippen LogP contribution in [0.1, 0.15) is 16.1 Å². The van der Waals surface area contributed by atoms with E-state index in [2.05, 4.69) is 20.4 Å². The summed E-state index contributed by atoms with van der Waals surface area (Å²) in [5, 5.41) is 6.14. The average molecular weight is 353 g/mol. The molecular formula is C17H15N5O4. The number of aromatic amines is 1. The molecular weight excluding hydrogens is 338 g/mol. The summed E-state index contributed by atoms with van der Waals surface area (Å²) in [4.78, 5) is 43.0. The molecule has 0 spiro atoms. The fraction of sp³-hybridized carbons (Fsp3) is 0.118. The van der Waals surface area contributed by atoms with Gasteiger partial charge in [0.2, 0.25) is 5.78 Å². The molecule has 2 amide bonds. The van der Waals surface area contributed by atoms with E-state index in [1.54, 1.807) is 42.7 Å².